The highest BCUT2D eigenvalue weighted by molar-refractivity contribution is 5.93. The van der Waals surface area contributed by atoms with Crippen molar-refractivity contribution in [3.63, 3.8) is 0 Å². The summed E-state index contributed by atoms with van der Waals surface area (Å²) < 4.78 is 47.7. The van der Waals surface area contributed by atoms with Crippen molar-refractivity contribution in [3.05, 3.63) is 71.7 Å². The van der Waals surface area contributed by atoms with Crippen LogP contribution in [0.25, 0.3) is 0 Å². The summed E-state index contributed by atoms with van der Waals surface area (Å²) in [7, 11) is 3.12. The number of aromatic nitrogens is 3. The Bertz CT molecular complexity index is 1100. The molecule has 174 valence electrons. The number of nitrogens with one attached hydrogen (secondary N) is 1. The molecular formula is C23H24F3N5O2. The number of fused-ring (bicyclic) bond motifs is 1. The van der Waals surface area contributed by atoms with E-state index >= 15 is 0 Å². The fourth-order valence-corrected chi connectivity index (χ4v) is 3.86. The molecule has 3 aromatic rings. The minimum absolute atomic E-state index is 0.0364. The van der Waals surface area contributed by atoms with E-state index in [1.807, 2.05) is 12.1 Å². The molecule has 0 spiro atoms. The Hall–Kier alpha value is -3.56. The smallest absolute Gasteiger partial charge is 0.410 e. The minimum Gasteiger partial charge on any atom is -0.497 e. The van der Waals surface area contributed by atoms with E-state index in [2.05, 4.69) is 15.4 Å². The molecule has 33 heavy (non-hydrogen) atoms. The summed E-state index contributed by atoms with van der Waals surface area (Å²) in [6.45, 7) is 0.364. The van der Waals surface area contributed by atoms with Gasteiger partial charge < -0.3 is 15.0 Å². The van der Waals surface area contributed by atoms with Crippen LogP contribution in [0, 0.1) is 0 Å². The number of carbonyl (C=O) groups is 1. The van der Waals surface area contributed by atoms with Gasteiger partial charge in [0.15, 0.2) is 11.7 Å². The molecule has 1 amide bonds. The third-order valence-electron chi connectivity index (χ3n) is 5.70. The summed E-state index contributed by atoms with van der Waals surface area (Å²) in [5.41, 5.74) is 1.48. The van der Waals surface area contributed by atoms with Gasteiger partial charge in [-0.15, -0.1) is 0 Å². The van der Waals surface area contributed by atoms with Crippen molar-refractivity contribution in [2.45, 2.75) is 31.1 Å². The van der Waals surface area contributed by atoms with Crippen molar-refractivity contribution < 1.29 is 22.7 Å². The van der Waals surface area contributed by atoms with Gasteiger partial charge in [-0.1, -0.05) is 18.2 Å². The number of benzene rings is 1. The number of methoxy groups -OCH3 is 1. The predicted molar refractivity (Wildman–Crippen MR) is 116 cm³/mol. The maximum atomic E-state index is 13.9. The van der Waals surface area contributed by atoms with Gasteiger partial charge in [0, 0.05) is 44.4 Å². The van der Waals surface area contributed by atoms with E-state index in [4.69, 9.17) is 4.74 Å². The summed E-state index contributed by atoms with van der Waals surface area (Å²) in [6, 6.07) is 11.3. The van der Waals surface area contributed by atoms with Crippen LogP contribution in [0.15, 0.2) is 54.7 Å². The Morgan fingerprint density at radius 3 is 2.64 bits per heavy atom. The lowest BCUT2D eigenvalue weighted by molar-refractivity contribution is -0.173. The van der Waals surface area contributed by atoms with Crippen LogP contribution in [0.2, 0.25) is 0 Å². The number of likely N-dealkylation sites (N-methyl/N-ethyl adjacent to an activating group) is 1. The molecule has 0 saturated heterocycles. The van der Waals surface area contributed by atoms with Gasteiger partial charge in [0.2, 0.25) is 0 Å². The highest BCUT2D eigenvalue weighted by Gasteiger charge is 2.46. The lowest BCUT2D eigenvalue weighted by atomic mass is 9.97. The van der Waals surface area contributed by atoms with Gasteiger partial charge >= 0.3 is 6.18 Å². The Labute approximate surface area is 189 Å². The molecule has 0 unspecified atom stereocenters. The quantitative estimate of drug-likeness (QED) is 0.596. The van der Waals surface area contributed by atoms with Gasteiger partial charge in [0.1, 0.15) is 11.6 Å². The van der Waals surface area contributed by atoms with Crippen molar-refractivity contribution in [1.82, 2.24) is 19.7 Å². The van der Waals surface area contributed by atoms with Gasteiger partial charge in [-0.3, -0.25) is 9.78 Å². The van der Waals surface area contributed by atoms with Gasteiger partial charge in [-0.2, -0.15) is 18.3 Å². The van der Waals surface area contributed by atoms with Gasteiger partial charge in [0.25, 0.3) is 5.91 Å². The van der Waals surface area contributed by atoms with Crippen LogP contribution in [0.5, 0.6) is 5.75 Å². The van der Waals surface area contributed by atoms with E-state index in [1.165, 1.54) is 18.1 Å². The van der Waals surface area contributed by atoms with Crippen LogP contribution in [0.1, 0.15) is 40.3 Å². The molecule has 0 radical (unpaired) electrons. The molecule has 2 aromatic heterocycles. The van der Waals surface area contributed by atoms with Crippen LogP contribution in [0.3, 0.4) is 0 Å². The van der Waals surface area contributed by atoms with E-state index < -0.39 is 24.2 Å². The fourth-order valence-electron chi connectivity index (χ4n) is 3.86. The number of nitrogens with zero attached hydrogens (tertiary/aromatic N) is 4. The zero-order valence-corrected chi connectivity index (χ0v) is 18.2. The lowest BCUT2D eigenvalue weighted by Crippen LogP contribution is -2.36. The number of pyridine rings is 1. The van der Waals surface area contributed by atoms with E-state index in [9.17, 15) is 18.0 Å². The average Bonchev–Trinajstić information content (AvgIpc) is 3.25. The molecule has 1 aliphatic rings. The Morgan fingerprint density at radius 2 is 2.00 bits per heavy atom. The third kappa shape index (κ3) is 4.94. The first-order chi connectivity index (χ1) is 15.8. The number of anilines is 1. The summed E-state index contributed by atoms with van der Waals surface area (Å²) in [6.07, 6.45) is -2.56. The topological polar surface area (TPSA) is 72.3 Å². The highest BCUT2D eigenvalue weighted by atomic mass is 19.4. The molecule has 1 aromatic carbocycles. The Kier molecular flexibility index (Phi) is 6.26. The summed E-state index contributed by atoms with van der Waals surface area (Å²) in [4.78, 5) is 18.5. The first-order valence-corrected chi connectivity index (χ1v) is 10.5. The monoisotopic (exact) mass is 459 g/mol. The van der Waals surface area contributed by atoms with Crippen molar-refractivity contribution in [3.8, 4) is 5.75 Å². The normalized spacial score (nSPS) is 17.7. The number of ether oxygens (including phenoxy) is 1. The van der Waals surface area contributed by atoms with Crippen molar-refractivity contribution >= 4 is 11.7 Å². The van der Waals surface area contributed by atoms with Crippen LogP contribution >= 0.6 is 0 Å². The molecule has 0 aliphatic carbocycles. The number of hydrogen-bond acceptors (Lipinski definition) is 5. The molecule has 2 atom stereocenters. The van der Waals surface area contributed by atoms with Crippen LogP contribution in [-0.2, 0) is 6.42 Å². The second kappa shape index (κ2) is 9.13. The zero-order valence-electron chi connectivity index (χ0n) is 18.2. The number of halogens is 3. The maximum Gasteiger partial charge on any atom is 0.410 e. The predicted octanol–water partition coefficient (Wildman–Crippen LogP) is 4.26. The van der Waals surface area contributed by atoms with Crippen LogP contribution in [0.4, 0.5) is 19.0 Å². The molecule has 0 bridgehead atoms. The number of hydrogen-bond donors (Lipinski definition) is 1. The van der Waals surface area contributed by atoms with E-state index in [0.29, 0.717) is 24.3 Å². The largest absolute Gasteiger partial charge is 0.497 e. The zero-order chi connectivity index (χ0) is 23.6. The van der Waals surface area contributed by atoms with Gasteiger partial charge in [-0.05, 0) is 29.8 Å². The first-order valence-electron chi connectivity index (χ1n) is 10.5. The average molecular weight is 459 g/mol. The molecule has 3 heterocycles. The van der Waals surface area contributed by atoms with E-state index in [1.54, 1.807) is 43.6 Å². The van der Waals surface area contributed by atoms with Crippen molar-refractivity contribution in [1.29, 1.82) is 0 Å². The molecule has 4 rings (SSSR count). The maximum absolute atomic E-state index is 13.9. The summed E-state index contributed by atoms with van der Waals surface area (Å²) in [5, 5.41) is 7.14. The second-order valence-electron chi connectivity index (χ2n) is 7.92. The van der Waals surface area contributed by atoms with Gasteiger partial charge in [-0.25, -0.2) is 4.68 Å². The number of alkyl halides is 3. The highest BCUT2D eigenvalue weighted by Crippen LogP contribution is 2.43. The molecule has 1 aliphatic heterocycles. The van der Waals surface area contributed by atoms with Crippen LogP contribution in [-0.4, -0.2) is 52.5 Å². The fraction of sp³-hybridized carbons (Fsp3) is 0.348. The Morgan fingerprint density at radius 1 is 1.24 bits per heavy atom. The van der Waals surface area contributed by atoms with Crippen LogP contribution < -0.4 is 10.1 Å². The molecule has 0 saturated carbocycles. The number of carbonyl (C=O) groups excluding carboxylic acids is 1. The SMILES string of the molecule is COc1ccc([C@@H]2C[C@@H](C(F)(F)F)n3nc(C(=O)N(C)CCc4ccccn4)cc3N2)cc1. The number of amides is 1. The van der Waals surface area contributed by atoms with Crippen molar-refractivity contribution in [2.75, 3.05) is 26.0 Å². The second-order valence-corrected chi connectivity index (χ2v) is 7.92. The van der Waals surface area contributed by atoms with Gasteiger partial charge in [0.05, 0.1) is 13.2 Å². The molecule has 0 fully saturated rings. The molecule has 10 heteroatoms. The Balaban J connectivity index is 1.55. The van der Waals surface area contributed by atoms with E-state index in [0.717, 1.165) is 10.4 Å². The number of rotatable bonds is 6. The van der Waals surface area contributed by atoms with E-state index in [-0.39, 0.29) is 17.9 Å². The molecule has 7 nitrogen and oxygen atoms in total. The summed E-state index contributed by atoms with van der Waals surface area (Å²) >= 11 is 0. The standard InChI is InChI=1S/C23H24F3N5O2/c1-30(12-10-16-5-3-4-11-27-16)22(32)19-14-21-28-18(15-6-8-17(33-2)9-7-15)13-20(23(24,25)26)31(21)29-19/h3-9,11,14,18,20,28H,10,12-13H2,1-2H3/t18-,20-/m0/s1. The summed E-state index contributed by atoms with van der Waals surface area (Å²) in [5.74, 6) is 0.330. The lowest BCUT2D eigenvalue weighted by Gasteiger charge is -2.33. The third-order valence-corrected chi connectivity index (χ3v) is 5.70. The first kappa shape index (κ1) is 22.6. The minimum atomic E-state index is -4.52. The van der Waals surface area contributed by atoms with Crippen molar-refractivity contribution in [2.24, 2.45) is 0 Å². The molecule has 1 N–H and O–H groups in total. The molecular weight excluding hydrogens is 435 g/mol.